The van der Waals surface area contributed by atoms with E-state index in [9.17, 15) is 19.5 Å². The van der Waals surface area contributed by atoms with E-state index in [-0.39, 0.29) is 40.6 Å². The molecule has 118 valence electrons. The van der Waals surface area contributed by atoms with E-state index in [1.165, 1.54) is 12.3 Å². The van der Waals surface area contributed by atoms with Crippen molar-refractivity contribution in [3.63, 3.8) is 0 Å². The van der Waals surface area contributed by atoms with Crippen LogP contribution in [-0.2, 0) is 4.79 Å². The van der Waals surface area contributed by atoms with Crippen LogP contribution in [0.3, 0.4) is 0 Å². The van der Waals surface area contributed by atoms with Crippen LogP contribution in [-0.4, -0.2) is 39.6 Å². The van der Waals surface area contributed by atoms with Gasteiger partial charge >= 0.3 is 5.97 Å². The van der Waals surface area contributed by atoms with Crippen molar-refractivity contribution in [1.29, 1.82) is 0 Å². The molecule has 22 heavy (non-hydrogen) atoms. The molecular formula is C14H19N4O4+. The Hall–Kier alpha value is -2.61. The quantitative estimate of drug-likeness (QED) is 0.717. The zero-order valence-corrected chi connectivity index (χ0v) is 12.9. The highest BCUT2D eigenvalue weighted by atomic mass is 16.4. The zero-order chi connectivity index (χ0) is 15.8. The van der Waals surface area contributed by atoms with Gasteiger partial charge in [-0.15, -0.1) is 0 Å². The summed E-state index contributed by atoms with van der Waals surface area (Å²) in [6, 6.07) is 1.21. The molecule has 0 spiro atoms. The molecule has 2 rings (SSSR count). The second kappa shape index (κ2) is 6.02. The fourth-order valence-electron chi connectivity index (χ4n) is 1.95. The van der Waals surface area contributed by atoms with Crippen molar-refractivity contribution in [2.75, 3.05) is 0 Å². The van der Waals surface area contributed by atoms with E-state index in [2.05, 4.69) is 15.3 Å². The van der Waals surface area contributed by atoms with Crippen LogP contribution in [0.2, 0.25) is 0 Å². The van der Waals surface area contributed by atoms with E-state index >= 15 is 0 Å². The fourth-order valence-corrected chi connectivity index (χ4v) is 1.95. The van der Waals surface area contributed by atoms with Crippen LogP contribution in [0.5, 0.6) is 0 Å². The molecule has 0 radical (unpaired) electrons. The van der Waals surface area contributed by atoms with Crippen molar-refractivity contribution in [3.8, 4) is 0 Å². The lowest BCUT2D eigenvalue weighted by Crippen LogP contribution is -2.41. The van der Waals surface area contributed by atoms with Gasteiger partial charge in [0.05, 0.1) is 5.56 Å². The second-order valence-corrected chi connectivity index (χ2v) is 5.30. The molecule has 1 aromatic rings. The summed E-state index contributed by atoms with van der Waals surface area (Å²) in [6.45, 7) is 5.39. The summed E-state index contributed by atoms with van der Waals surface area (Å²) in [5.74, 6) is -1.48. The largest absolute Gasteiger partial charge is 0.478 e. The Balaban J connectivity index is 0.00000242. The van der Waals surface area contributed by atoms with E-state index in [1.807, 2.05) is 13.8 Å². The molecule has 8 heteroatoms. The molecule has 8 nitrogen and oxygen atoms in total. The summed E-state index contributed by atoms with van der Waals surface area (Å²) in [5.41, 5.74) is -0.944. The third-order valence-corrected chi connectivity index (χ3v) is 3.66. The number of amides is 1. The van der Waals surface area contributed by atoms with Gasteiger partial charge in [-0.05, 0) is 18.9 Å². The average molecular weight is 307 g/mol. The Labute approximate surface area is 127 Å². The summed E-state index contributed by atoms with van der Waals surface area (Å²) in [5, 5.41) is 11.8. The number of hydrogen-bond acceptors (Lipinski definition) is 5. The van der Waals surface area contributed by atoms with Gasteiger partial charge in [-0.1, -0.05) is 13.8 Å². The molecule has 1 atom stereocenters. The minimum absolute atomic E-state index is 0. The van der Waals surface area contributed by atoms with Gasteiger partial charge in [0.15, 0.2) is 12.1 Å². The maximum Gasteiger partial charge on any atom is 0.338 e. The second-order valence-electron chi connectivity index (χ2n) is 5.30. The van der Waals surface area contributed by atoms with Crippen LogP contribution in [0.15, 0.2) is 17.3 Å². The molecular weight excluding hydrogens is 288 g/mol. The molecule has 1 unspecified atom stereocenters. The molecule has 1 amide bonds. The first-order valence-electron chi connectivity index (χ1n) is 6.39. The van der Waals surface area contributed by atoms with Gasteiger partial charge in [0, 0.05) is 11.8 Å². The number of aromatic carboxylic acids is 1. The van der Waals surface area contributed by atoms with Gasteiger partial charge in [-0.25, -0.2) is 9.79 Å². The van der Waals surface area contributed by atoms with Crippen LogP contribution >= 0.6 is 0 Å². The highest BCUT2D eigenvalue weighted by Crippen LogP contribution is 2.27. The number of carboxylic acid groups (broad SMARTS) is 1. The number of aldehydes is 1. The van der Waals surface area contributed by atoms with Gasteiger partial charge in [-0.3, -0.25) is 14.6 Å². The van der Waals surface area contributed by atoms with Gasteiger partial charge in [-0.2, -0.15) is 0 Å². The highest BCUT2D eigenvalue weighted by Gasteiger charge is 2.43. The van der Waals surface area contributed by atoms with Gasteiger partial charge in [0.2, 0.25) is 0 Å². The van der Waals surface area contributed by atoms with Crippen molar-refractivity contribution < 1.29 is 19.5 Å². The smallest absolute Gasteiger partial charge is 0.338 e. The molecule has 0 aromatic carbocycles. The van der Waals surface area contributed by atoms with Crippen LogP contribution < -0.4 is 11.5 Å². The molecule has 1 aromatic heterocycles. The molecule has 2 heterocycles. The van der Waals surface area contributed by atoms with E-state index in [4.69, 9.17) is 0 Å². The number of pyridine rings is 1. The van der Waals surface area contributed by atoms with E-state index in [0.29, 0.717) is 6.29 Å². The van der Waals surface area contributed by atoms with Gasteiger partial charge in [0.1, 0.15) is 11.2 Å². The number of nitrogens with one attached hydrogen (secondary N) is 1. The minimum atomic E-state index is -1.24. The molecule has 1 aliphatic heterocycles. The number of nitrogens with zero attached hydrogens (tertiary/aromatic N) is 2. The maximum atomic E-state index is 12.1. The van der Waals surface area contributed by atoms with E-state index < -0.39 is 11.5 Å². The first kappa shape index (κ1) is 17.4. The van der Waals surface area contributed by atoms with Crippen molar-refractivity contribution in [3.05, 3.63) is 29.1 Å². The fraction of sp³-hybridized carbons (Fsp3) is 0.357. The number of aromatic nitrogens is 1. The van der Waals surface area contributed by atoms with Crippen LogP contribution in [0.25, 0.3) is 0 Å². The summed E-state index contributed by atoms with van der Waals surface area (Å²) in [4.78, 5) is 42.4. The van der Waals surface area contributed by atoms with Crippen LogP contribution in [0.4, 0.5) is 0 Å². The molecule has 0 aliphatic carbocycles. The Morgan fingerprint density at radius 1 is 1.45 bits per heavy atom. The number of rotatable bonds is 4. The molecule has 0 fully saturated rings. The zero-order valence-electron chi connectivity index (χ0n) is 12.9. The lowest BCUT2D eigenvalue weighted by molar-refractivity contribution is -0.124. The summed E-state index contributed by atoms with van der Waals surface area (Å²) < 4.78 is 0. The number of carbonyl (C=O) groups excluding carboxylic acids is 2. The topological polar surface area (TPSA) is 145 Å². The number of aliphatic imine (C=N–C) groups is 1. The first-order chi connectivity index (χ1) is 9.79. The van der Waals surface area contributed by atoms with Crippen LogP contribution in [0, 0.1) is 5.92 Å². The Bertz CT molecular complexity index is 669. The summed E-state index contributed by atoms with van der Waals surface area (Å²) in [6.07, 6.45) is 1.75. The highest BCUT2D eigenvalue weighted by molar-refractivity contribution is 6.17. The molecule has 1 aliphatic rings. The minimum Gasteiger partial charge on any atom is -0.478 e. The lowest BCUT2D eigenvalue weighted by atomic mass is 9.89. The first-order valence-corrected chi connectivity index (χ1v) is 6.39. The normalized spacial score (nSPS) is 20.2. The Morgan fingerprint density at radius 3 is 2.55 bits per heavy atom. The third kappa shape index (κ3) is 2.73. The summed E-state index contributed by atoms with van der Waals surface area (Å²) >= 11 is 0. The standard InChI is InChI=1S/C14H15N3O4.H3N/c1-7(2)14(3)13(21)16-11(17-14)10-9(12(19)20)4-8(6-18)5-15-10;/h4-7H,1-3H3,(H,19,20)(H,16,17,21);1H3/p+1. The predicted molar refractivity (Wildman–Crippen MR) is 80.5 cm³/mol. The monoisotopic (exact) mass is 307 g/mol. The van der Waals surface area contributed by atoms with E-state index in [0.717, 1.165) is 0 Å². The maximum absolute atomic E-state index is 12.1. The van der Waals surface area contributed by atoms with Crippen molar-refractivity contribution in [2.24, 2.45) is 10.9 Å². The number of quaternary nitrogens is 1. The Morgan fingerprint density at radius 2 is 2.09 bits per heavy atom. The van der Waals surface area contributed by atoms with Crippen molar-refractivity contribution in [2.45, 2.75) is 26.3 Å². The lowest BCUT2D eigenvalue weighted by Gasteiger charge is -2.21. The van der Waals surface area contributed by atoms with Crippen molar-refractivity contribution >= 4 is 24.0 Å². The predicted octanol–water partition coefficient (Wildman–Crippen LogP) is 1.26. The molecule has 0 bridgehead atoms. The number of hydrogen-bond donors (Lipinski definition) is 3. The van der Waals surface area contributed by atoms with E-state index in [1.54, 1.807) is 6.92 Å². The van der Waals surface area contributed by atoms with Gasteiger partial charge in [0.25, 0.3) is 5.91 Å². The molecule has 6 N–H and O–H groups in total. The molecule has 0 saturated heterocycles. The number of amidine groups is 1. The molecule has 0 saturated carbocycles. The van der Waals surface area contributed by atoms with Gasteiger partial charge < -0.3 is 16.6 Å². The van der Waals surface area contributed by atoms with Crippen LogP contribution in [0.1, 0.15) is 47.2 Å². The SMILES string of the molecule is CC(C)C1(C)N=C(c2ncc(C=O)cc2C(=O)O)NC1=O.[NH4+]. The third-order valence-electron chi connectivity index (χ3n) is 3.66. The Kier molecular flexibility index (Phi) is 4.77. The summed E-state index contributed by atoms with van der Waals surface area (Å²) in [7, 11) is 0. The number of carboxylic acids is 1. The van der Waals surface area contributed by atoms with Crippen molar-refractivity contribution in [1.82, 2.24) is 16.5 Å². The number of carbonyl (C=O) groups is 3. The average Bonchev–Trinajstić information content (AvgIpc) is 2.75.